The summed E-state index contributed by atoms with van der Waals surface area (Å²) in [5.41, 5.74) is 4.87. The Balaban J connectivity index is 0.00000243. The van der Waals surface area contributed by atoms with Gasteiger partial charge in [0.15, 0.2) is 11.5 Å². The maximum atomic E-state index is 12.1. The molecular formula is C20H25ClN2O3. The van der Waals surface area contributed by atoms with Crippen LogP contribution >= 0.6 is 12.4 Å². The largest absolute Gasteiger partial charge is 0.493 e. The monoisotopic (exact) mass is 376 g/mol. The fourth-order valence-corrected chi connectivity index (χ4v) is 3.04. The van der Waals surface area contributed by atoms with E-state index in [-0.39, 0.29) is 18.3 Å². The average molecular weight is 377 g/mol. The van der Waals surface area contributed by atoms with Crippen LogP contribution in [0, 0.1) is 0 Å². The molecule has 0 bridgehead atoms. The number of aryl methyl sites for hydroxylation is 1. The lowest BCUT2D eigenvalue weighted by atomic mass is 10.1. The average Bonchev–Trinajstić information content (AvgIpc) is 3.12. The van der Waals surface area contributed by atoms with Crippen LogP contribution in [0.15, 0.2) is 36.4 Å². The molecular weight excluding hydrogens is 352 g/mol. The van der Waals surface area contributed by atoms with E-state index in [1.807, 2.05) is 18.2 Å². The molecule has 5 nitrogen and oxygen atoms in total. The van der Waals surface area contributed by atoms with Gasteiger partial charge in [-0.2, -0.15) is 0 Å². The molecule has 0 unspecified atom stereocenters. The third-order valence-electron chi connectivity index (χ3n) is 4.48. The highest BCUT2D eigenvalue weighted by Crippen LogP contribution is 2.27. The van der Waals surface area contributed by atoms with E-state index in [4.69, 9.17) is 9.47 Å². The van der Waals surface area contributed by atoms with Gasteiger partial charge in [-0.1, -0.05) is 24.3 Å². The first-order chi connectivity index (χ1) is 12.2. The van der Waals surface area contributed by atoms with E-state index in [1.54, 1.807) is 14.2 Å². The summed E-state index contributed by atoms with van der Waals surface area (Å²) in [7, 11) is 3.22. The van der Waals surface area contributed by atoms with Crippen molar-refractivity contribution in [2.75, 3.05) is 14.2 Å². The summed E-state index contributed by atoms with van der Waals surface area (Å²) in [4.78, 5) is 12.1. The lowest BCUT2D eigenvalue weighted by Crippen LogP contribution is -2.23. The first kappa shape index (κ1) is 20.1. The summed E-state index contributed by atoms with van der Waals surface area (Å²) < 4.78 is 10.5. The Hall–Kier alpha value is -2.24. The van der Waals surface area contributed by atoms with Gasteiger partial charge in [0.05, 0.1) is 14.2 Å². The lowest BCUT2D eigenvalue weighted by molar-refractivity contribution is -0.121. The van der Waals surface area contributed by atoms with Crippen LogP contribution in [0.2, 0.25) is 0 Å². The van der Waals surface area contributed by atoms with Crippen LogP contribution in [0.1, 0.15) is 28.7 Å². The highest BCUT2D eigenvalue weighted by atomic mass is 35.5. The molecule has 1 aliphatic heterocycles. The number of rotatable bonds is 7. The molecule has 2 aromatic rings. The molecule has 1 heterocycles. The first-order valence-corrected chi connectivity index (χ1v) is 8.48. The van der Waals surface area contributed by atoms with Gasteiger partial charge in [-0.3, -0.25) is 4.79 Å². The number of halogens is 1. The molecule has 3 rings (SSSR count). The van der Waals surface area contributed by atoms with Gasteiger partial charge in [0.25, 0.3) is 0 Å². The van der Waals surface area contributed by atoms with Crippen molar-refractivity contribution < 1.29 is 14.3 Å². The third kappa shape index (κ3) is 4.90. The minimum Gasteiger partial charge on any atom is -0.493 e. The van der Waals surface area contributed by atoms with E-state index >= 15 is 0 Å². The molecule has 0 atom stereocenters. The number of fused-ring (bicyclic) bond motifs is 1. The minimum absolute atomic E-state index is 0. The van der Waals surface area contributed by atoms with Crippen molar-refractivity contribution in [3.8, 4) is 11.5 Å². The van der Waals surface area contributed by atoms with Crippen molar-refractivity contribution in [3.63, 3.8) is 0 Å². The molecule has 0 saturated heterocycles. The number of ether oxygens (including phenoxy) is 2. The Morgan fingerprint density at radius 3 is 2.50 bits per heavy atom. The fraction of sp³-hybridized carbons (Fsp3) is 0.350. The number of hydrogen-bond acceptors (Lipinski definition) is 4. The van der Waals surface area contributed by atoms with Gasteiger partial charge in [0.1, 0.15) is 0 Å². The summed E-state index contributed by atoms with van der Waals surface area (Å²) in [5.74, 6) is 1.43. The highest BCUT2D eigenvalue weighted by Gasteiger charge is 2.11. The van der Waals surface area contributed by atoms with Gasteiger partial charge >= 0.3 is 0 Å². The van der Waals surface area contributed by atoms with Crippen molar-refractivity contribution in [2.45, 2.75) is 32.5 Å². The number of amides is 1. The van der Waals surface area contributed by atoms with Crippen molar-refractivity contribution in [3.05, 3.63) is 58.7 Å². The quantitative estimate of drug-likeness (QED) is 0.780. The van der Waals surface area contributed by atoms with Crippen LogP contribution < -0.4 is 20.1 Å². The predicted octanol–water partition coefficient (Wildman–Crippen LogP) is 2.98. The molecule has 0 spiro atoms. The summed E-state index contributed by atoms with van der Waals surface area (Å²) >= 11 is 0. The van der Waals surface area contributed by atoms with E-state index in [1.165, 1.54) is 11.1 Å². The molecule has 0 aliphatic carbocycles. The number of benzene rings is 2. The van der Waals surface area contributed by atoms with Crippen LogP contribution in [0.3, 0.4) is 0 Å². The molecule has 0 saturated carbocycles. The maximum Gasteiger partial charge on any atom is 0.220 e. The molecule has 1 aliphatic rings. The number of hydrogen-bond donors (Lipinski definition) is 2. The SMILES string of the molecule is COc1ccc(CCC(=O)NCc2ccc3c(c2)CNC3)cc1OC.Cl. The molecule has 0 aromatic heterocycles. The Kier molecular flexibility index (Phi) is 7.30. The summed E-state index contributed by atoms with van der Waals surface area (Å²) in [6, 6.07) is 12.1. The number of carbonyl (C=O) groups excluding carboxylic acids is 1. The Bertz CT molecular complexity index is 765. The van der Waals surface area contributed by atoms with Gasteiger partial charge in [-0.05, 0) is 40.8 Å². The summed E-state index contributed by atoms with van der Waals surface area (Å²) in [6.45, 7) is 2.42. The van der Waals surface area contributed by atoms with Crippen LogP contribution in [0.4, 0.5) is 0 Å². The van der Waals surface area contributed by atoms with Crippen LogP contribution in [-0.2, 0) is 30.8 Å². The van der Waals surface area contributed by atoms with Gasteiger partial charge in [-0.15, -0.1) is 12.4 Å². The standard InChI is InChI=1S/C20H24N2O3.ClH/c1-24-18-7-4-14(10-19(18)25-2)5-8-20(23)22-11-15-3-6-16-12-21-13-17(16)9-15;/h3-4,6-7,9-10,21H,5,8,11-13H2,1-2H3,(H,22,23);1H. The molecule has 0 fully saturated rings. The summed E-state index contributed by atoms with van der Waals surface area (Å²) in [5, 5.41) is 6.33. The smallest absolute Gasteiger partial charge is 0.220 e. The molecule has 6 heteroatoms. The molecule has 1 amide bonds. The van der Waals surface area contributed by atoms with E-state index in [2.05, 4.69) is 28.8 Å². The van der Waals surface area contributed by atoms with Gasteiger partial charge < -0.3 is 20.1 Å². The molecule has 2 N–H and O–H groups in total. The zero-order chi connectivity index (χ0) is 17.6. The van der Waals surface area contributed by atoms with E-state index < -0.39 is 0 Å². The Morgan fingerprint density at radius 1 is 1.00 bits per heavy atom. The Labute approximate surface area is 160 Å². The number of carbonyl (C=O) groups is 1. The van der Waals surface area contributed by atoms with Gasteiger partial charge in [-0.25, -0.2) is 0 Å². The zero-order valence-corrected chi connectivity index (χ0v) is 15.9. The third-order valence-corrected chi connectivity index (χ3v) is 4.48. The second-order valence-corrected chi connectivity index (χ2v) is 6.17. The van der Waals surface area contributed by atoms with E-state index in [9.17, 15) is 4.79 Å². The summed E-state index contributed by atoms with van der Waals surface area (Å²) in [6.07, 6.45) is 1.11. The van der Waals surface area contributed by atoms with Crippen LogP contribution in [-0.4, -0.2) is 20.1 Å². The topological polar surface area (TPSA) is 59.6 Å². The minimum atomic E-state index is 0. The molecule has 0 radical (unpaired) electrons. The Morgan fingerprint density at radius 2 is 1.73 bits per heavy atom. The maximum absolute atomic E-state index is 12.1. The van der Waals surface area contributed by atoms with Crippen molar-refractivity contribution in [2.24, 2.45) is 0 Å². The molecule has 26 heavy (non-hydrogen) atoms. The normalized spacial score (nSPS) is 12.1. The second kappa shape index (κ2) is 9.46. The number of nitrogens with one attached hydrogen (secondary N) is 2. The second-order valence-electron chi connectivity index (χ2n) is 6.17. The van der Waals surface area contributed by atoms with E-state index in [0.717, 1.165) is 24.2 Å². The van der Waals surface area contributed by atoms with Crippen molar-refractivity contribution >= 4 is 18.3 Å². The van der Waals surface area contributed by atoms with Crippen LogP contribution in [0.5, 0.6) is 11.5 Å². The molecule has 140 valence electrons. The van der Waals surface area contributed by atoms with Crippen molar-refractivity contribution in [1.29, 1.82) is 0 Å². The highest BCUT2D eigenvalue weighted by molar-refractivity contribution is 5.85. The lowest BCUT2D eigenvalue weighted by Gasteiger charge is -2.10. The van der Waals surface area contributed by atoms with Crippen LogP contribution in [0.25, 0.3) is 0 Å². The van der Waals surface area contributed by atoms with Crippen molar-refractivity contribution in [1.82, 2.24) is 10.6 Å². The fourth-order valence-electron chi connectivity index (χ4n) is 3.04. The first-order valence-electron chi connectivity index (χ1n) is 8.48. The zero-order valence-electron chi connectivity index (χ0n) is 15.1. The van der Waals surface area contributed by atoms with E-state index in [0.29, 0.717) is 30.9 Å². The van der Waals surface area contributed by atoms with Gasteiger partial charge in [0.2, 0.25) is 5.91 Å². The van der Waals surface area contributed by atoms with Gasteiger partial charge in [0, 0.05) is 26.1 Å². The molecule has 2 aromatic carbocycles. The predicted molar refractivity (Wildman–Crippen MR) is 104 cm³/mol. The number of methoxy groups -OCH3 is 2.